The van der Waals surface area contributed by atoms with Crippen LogP contribution >= 0.6 is 11.3 Å². The summed E-state index contributed by atoms with van der Waals surface area (Å²) in [5.74, 6) is 1.18. The van der Waals surface area contributed by atoms with E-state index in [9.17, 15) is 14.4 Å². The normalized spacial score (nSPS) is 16.2. The maximum absolute atomic E-state index is 14.5. The zero-order chi connectivity index (χ0) is 35.4. The summed E-state index contributed by atoms with van der Waals surface area (Å²) in [7, 11) is 1.60. The number of aromatic nitrogens is 1. The maximum Gasteiger partial charge on any atom is 0.271 e. The van der Waals surface area contributed by atoms with Crippen molar-refractivity contribution in [1.29, 1.82) is 0 Å². The standard InChI is InChI=1S/C38H42N4O7S/c1-6-40(7-2)37(45)33-24(4)39-38-42(35(33)34-27-12-10-9-11-26(27)14-16-29(34)46-5)36(44)31(50-38)22-25-13-15-28(30(21-25)48-8-3)49-23-32(43)41-17-19-47-20-18-41/h9-16,21-22,35H,6-8,17-20,23H2,1-5H3/b31-22-/t35-/m0/s1. The van der Waals surface area contributed by atoms with Crippen LogP contribution in [-0.2, 0) is 14.3 Å². The van der Waals surface area contributed by atoms with Crippen LogP contribution in [0.5, 0.6) is 17.2 Å². The van der Waals surface area contributed by atoms with Gasteiger partial charge in [-0.2, -0.15) is 0 Å². The van der Waals surface area contributed by atoms with E-state index in [2.05, 4.69) is 0 Å². The van der Waals surface area contributed by atoms with Gasteiger partial charge in [0.25, 0.3) is 17.4 Å². The van der Waals surface area contributed by atoms with Crippen LogP contribution in [0.25, 0.3) is 16.8 Å². The van der Waals surface area contributed by atoms with Gasteiger partial charge in [0.05, 0.1) is 42.7 Å². The van der Waals surface area contributed by atoms with Gasteiger partial charge in [-0.25, -0.2) is 4.99 Å². The first-order valence-electron chi connectivity index (χ1n) is 16.9. The largest absolute Gasteiger partial charge is 0.496 e. The number of amides is 2. The molecule has 1 fully saturated rings. The number of rotatable bonds is 11. The zero-order valence-corrected chi connectivity index (χ0v) is 29.9. The lowest BCUT2D eigenvalue weighted by Crippen LogP contribution is -2.43. The molecule has 11 nitrogen and oxygen atoms in total. The second kappa shape index (κ2) is 15.3. The Labute approximate surface area is 294 Å². The minimum atomic E-state index is -0.777. The van der Waals surface area contributed by atoms with Crippen molar-refractivity contribution in [3.63, 3.8) is 0 Å². The maximum atomic E-state index is 14.5. The Morgan fingerprint density at radius 3 is 2.46 bits per heavy atom. The third-order valence-electron chi connectivity index (χ3n) is 9.01. The van der Waals surface area contributed by atoms with Gasteiger partial charge in [0, 0.05) is 31.7 Å². The van der Waals surface area contributed by atoms with Gasteiger partial charge < -0.3 is 28.7 Å². The molecule has 0 N–H and O–H groups in total. The number of allylic oxidation sites excluding steroid dienone is 1. The van der Waals surface area contributed by atoms with Crippen molar-refractivity contribution in [2.45, 2.75) is 33.7 Å². The molecule has 1 atom stereocenters. The third kappa shape index (κ3) is 6.77. The summed E-state index contributed by atoms with van der Waals surface area (Å²) in [5, 5.41) is 1.85. The van der Waals surface area contributed by atoms with Crippen LogP contribution in [-0.4, -0.2) is 85.9 Å². The summed E-state index contributed by atoms with van der Waals surface area (Å²) in [6, 6.07) is 16.3. The number of benzene rings is 3. The Morgan fingerprint density at radius 1 is 1.00 bits per heavy atom. The molecule has 1 aromatic heterocycles. The van der Waals surface area contributed by atoms with Crippen molar-refractivity contribution in [2.24, 2.45) is 4.99 Å². The lowest BCUT2D eigenvalue weighted by molar-refractivity contribution is -0.137. The predicted molar refractivity (Wildman–Crippen MR) is 193 cm³/mol. The fourth-order valence-electron chi connectivity index (χ4n) is 6.48. The second-order valence-electron chi connectivity index (χ2n) is 11.9. The van der Waals surface area contributed by atoms with Crippen molar-refractivity contribution >= 4 is 40.0 Å². The summed E-state index contributed by atoms with van der Waals surface area (Å²) in [5.41, 5.74) is 2.16. The molecule has 262 valence electrons. The fourth-order valence-corrected chi connectivity index (χ4v) is 7.53. The molecular weight excluding hydrogens is 657 g/mol. The Bertz CT molecular complexity index is 2130. The number of methoxy groups -OCH3 is 1. The number of fused-ring (bicyclic) bond motifs is 2. The van der Waals surface area contributed by atoms with Crippen molar-refractivity contribution in [1.82, 2.24) is 14.4 Å². The monoisotopic (exact) mass is 698 g/mol. The molecule has 0 spiro atoms. The SMILES string of the molecule is CCOc1cc(/C=c2\sc3n(c2=O)[C@H](c2c(OC)ccc4ccccc24)C(C(=O)N(CC)CC)=C(C)N=3)ccc1OCC(=O)N1CCOCC1. The Morgan fingerprint density at radius 2 is 1.74 bits per heavy atom. The molecule has 50 heavy (non-hydrogen) atoms. The van der Waals surface area contributed by atoms with Crippen LogP contribution in [0.1, 0.15) is 44.9 Å². The predicted octanol–water partition coefficient (Wildman–Crippen LogP) is 3.90. The van der Waals surface area contributed by atoms with E-state index >= 15 is 0 Å². The highest BCUT2D eigenvalue weighted by atomic mass is 32.1. The van der Waals surface area contributed by atoms with Gasteiger partial charge in [0.1, 0.15) is 11.8 Å². The van der Waals surface area contributed by atoms with E-state index < -0.39 is 6.04 Å². The first-order valence-corrected chi connectivity index (χ1v) is 17.7. The summed E-state index contributed by atoms with van der Waals surface area (Å²) in [6.45, 7) is 11.0. The summed E-state index contributed by atoms with van der Waals surface area (Å²) in [6.07, 6.45) is 1.79. The molecule has 2 aliphatic heterocycles. The average Bonchev–Trinajstić information content (AvgIpc) is 3.44. The molecule has 3 aromatic carbocycles. The van der Waals surface area contributed by atoms with Gasteiger partial charge in [0.15, 0.2) is 22.9 Å². The molecule has 0 saturated carbocycles. The van der Waals surface area contributed by atoms with Gasteiger partial charge in [-0.3, -0.25) is 19.0 Å². The Balaban J connectivity index is 1.45. The number of nitrogens with zero attached hydrogens (tertiary/aromatic N) is 4. The van der Waals surface area contributed by atoms with E-state index in [0.717, 1.165) is 16.3 Å². The number of carbonyl (C=O) groups excluding carboxylic acids is 2. The zero-order valence-electron chi connectivity index (χ0n) is 29.1. The number of carbonyl (C=O) groups is 2. The summed E-state index contributed by atoms with van der Waals surface area (Å²) >= 11 is 1.26. The number of ether oxygens (including phenoxy) is 4. The minimum Gasteiger partial charge on any atom is -0.496 e. The third-order valence-corrected chi connectivity index (χ3v) is 9.99. The van der Waals surface area contributed by atoms with Crippen LogP contribution in [0.2, 0.25) is 0 Å². The molecule has 12 heteroatoms. The van der Waals surface area contributed by atoms with E-state index in [1.165, 1.54) is 11.3 Å². The van der Waals surface area contributed by atoms with E-state index in [1.807, 2.05) is 70.2 Å². The fraction of sp³-hybridized carbons (Fsp3) is 0.368. The van der Waals surface area contributed by atoms with Crippen LogP contribution in [0.4, 0.5) is 0 Å². The number of thiazole rings is 1. The molecule has 4 aromatic rings. The molecule has 0 radical (unpaired) electrons. The summed E-state index contributed by atoms with van der Waals surface area (Å²) in [4.78, 5) is 50.2. The van der Waals surface area contributed by atoms with E-state index in [4.69, 9.17) is 23.9 Å². The topological polar surface area (TPSA) is 112 Å². The van der Waals surface area contributed by atoms with Gasteiger partial charge in [-0.05, 0) is 68.3 Å². The van der Waals surface area contributed by atoms with Crippen LogP contribution in [0.3, 0.4) is 0 Å². The van der Waals surface area contributed by atoms with Crippen molar-refractivity contribution in [3.05, 3.63) is 96.7 Å². The van der Waals surface area contributed by atoms with E-state index in [-0.39, 0.29) is 24.0 Å². The number of likely N-dealkylation sites (N-methyl/N-ethyl adjacent to an activating group) is 1. The molecule has 0 aliphatic carbocycles. The van der Waals surface area contributed by atoms with Crippen LogP contribution in [0.15, 0.2) is 75.7 Å². The first-order chi connectivity index (χ1) is 24.3. The average molecular weight is 699 g/mol. The lowest BCUT2D eigenvalue weighted by atomic mass is 9.90. The molecule has 6 rings (SSSR count). The smallest absolute Gasteiger partial charge is 0.271 e. The van der Waals surface area contributed by atoms with Crippen molar-refractivity contribution < 1.29 is 28.5 Å². The highest BCUT2D eigenvalue weighted by Crippen LogP contribution is 2.40. The van der Waals surface area contributed by atoms with E-state index in [1.54, 1.807) is 39.7 Å². The molecule has 1 saturated heterocycles. The minimum absolute atomic E-state index is 0.118. The lowest BCUT2D eigenvalue weighted by Gasteiger charge is -2.30. The second-order valence-corrected chi connectivity index (χ2v) is 12.9. The van der Waals surface area contributed by atoms with Crippen molar-refractivity contribution in [2.75, 3.05) is 59.7 Å². The molecule has 0 unspecified atom stereocenters. The van der Waals surface area contributed by atoms with Gasteiger partial charge in [0.2, 0.25) is 0 Å². The molecule has 2 aliphatic rings. The van der Waals surface area contributed by atoms with Crippen LogP contribution < -0.4 is 29.1 Å². The van der Waals surface area contributed by atoms with Crippen molar-refractivity contribution in [3.8, 4) is 17.2 Å². The molecular formula is C38H42N4O7S. The number of hydrogen-bond acceptors (Lipinski definition) is 9. The Hall–Kier alpha value is -4.94. The highest BCUT2D eigenvalue weighted by molar-refractivity contribution is 7.07. The molecule has 2 amide bonds. The quantitative estimate of drug-likeness (QED) is 0.234. The van der Waals surface area contributed by atoms with Crippen LogP contribution in [0, 0.1) is 0 Å². The van der Waals surface area contributed by atoms with Gasteiger partial charge >= 0.3 is 0 Å². The number of hydrogen-bond donors (Lipinski definition) is 0. The van der Waals surface area contributed by atoms with Gasteiger partial charge in [-0.1, -0.05) is 47.7 Å². The number of morpholine rings is 1. The van der Waals surface area contributed by atoms with Gasteiger partial charge in [-0.15, -0.1) is 0 Å². The first kappa shape index (κ1) is 34.9. The molecule has 0 bridgehead atoms. The van der Waals surface area contributed by atoms with E-state index in [0.29, 0.717) is 89.4 Å². The highest BCUT2D eigenvalue weighted by Gasteiger charge is 2.36. The molecule has 3 heterocycles. The Kier molecular flexibility index (Phi) is 10.7. The summed E-state index contributed by atoms with van der Waals surface area (Å²) < 4.78 is 25.1.